The first kappa shape index (κ1) is 10.7. The van der Waals surface area contributed by atoms with E-state index in [1.165, 1.54) is 12.8 Å². The second-order valence-electron chi connectivity index (χ2n) is 4.43. The Kier molecular flexibility index (Phi) is 3.41. The fourth-order valence-corrected chi connectivity index (χ4v) is 2.14. The maximum absolute atomic E-state index is 11.9. The van der Waals surface area contributed by atoms with Crippen LogP contribution in [0.1, 0.15) is 32.6 Å². The molecular formula is C12H20N2O. The summed E-state index contributed by atoms with van der Waals surface area (Å²) in [5.41, 5.74) is 0. The Morgan fingerprint density at radius 2 is 2.07 bits per heavy atom. The van der Waals surface area contributed by atoms with Gasteiger partial charge in [0.2, 0.25) is 5.91 Å². The first-order valence-corrected chi connectivity index (χ1v) is 5.99. The van der Waals surface area contributed by atoms with Crippen molar-refractivity contribution in [3.05, 3.63) is 12.2 Å². The van der Waals surface area contributed by atoms with Gasteiger partial charge in [0, 0.05) is 18.6 Å². The molecule has 0 heterocycles. The molecule has 3 nitrogen and oxygen atoms in total. The van der Waals surface area contributed by atoms with E-state index in [-0.39, 0.29) is 5.91 Å². The van der Waals surface area contributed by atoms with Crippen LogP contribution in [0.25, 0.3) is 0 Å². The zero-order valence-electron chi connectivity index (χ0n) is 9.41. The molecule has 0 saturated heterocycles. The molecule has 0 atom stereocenters. The maximum Gasteiger partial charge on any atom is 0.236 e. The second kappa shape index (κ2) is 4.79. The number of carbonyl (C=O) groups is 1. The number of hydrogen-bond acceptors (Lipinski definition) is 2. The van der Waals surface area contributed by atoms with Crippen molar-refractivity contribution in [1.29, 1.82) is 0 Å². The van der Waals surface area contributed by atoms with Crippen LogP contribution in [0, 0.1) is 0 Å². The lowest BCUT2D eigenvalue weighted by molar-refractivity contribution is -0.130. The molecule has 2 aliphatic rings. The summed E-state index contributed by atoms with van der Waals surface area (Å²) < 4.78 is 0. The highest BCUT2D eigenvalue weighted by Crippen LogP contribution is 2.26. The Balaban J connectivity index is 1.70. The van der Waals surface area contributed by atoms with Gasteiger partial charge in [-0.15, -0.1) is 0 Å². The number of amides is 1. The third kappa shape index (κ3) is 2.81. The molecule has 0 radical (unpaired) electrons. The van der Waals surface area contributed by atoms with Gasteiger partial charge in [0.1, 0.15) is 0 Å². The molecule has 0 aliphatic heterocycles. The van der Waals surface area contributed by atoms with Crippen molar-refractivity contribution < 1.29 is 4.79 Å². The number of carbonyl (C=O) groups excluding carboxylic acids is 1. The molecule has 1 amide bonds. The molecule has 0 spiro atoms. The predicted molar refractivity (Wildman–Crippen MR) is 60.6 cm³/mol. The Labute approximate surface area is 91.5 Å². The normalized spacial score (nSPS) is 20.9. The van der Waals surface area contributed by atoms with Crippen molar-refractivity contribution in [2.75, 3.05) is 13.1 Å². The largest absolute Gasteiger partial charge is 0.339 e. The summed E-state index contributed by atoms with van der Waals surface area (Å²) >= 11 is 0. The van der Waals surface area contributed by atoms with Crippen LogP contribution in [0.2, 0.25) is 0 Å². The van der Waals surface area contributed by atoms with E-state index in [0.29, 0.717) is 18.6 Å². The number of hydrogen-bond donors (Lipinski definition) is 1. The minimum atomic E-state index is 0.270. The average Bonchev–Trinajstić information content (AvgIpc) is 2.93. The molecule has 2 rings (SSSR count). The van der Waals surface area contributed by atoms with Crippen molar-refractivity contribution >= 4 is 5.91 Å². The van der Waals surface area contributed by atoms with E-state index in [4.69, 9.17) is 0 Å². The third-order valence-corrected chi connectivity index (χ3v) is 3.20. The summed E-state index contributed by atoms with van der Waals surface area (Å²) in [4.78, 5) is 13.9. The second-order valence-corrected chi connectivity index (χ2v) is 4.43. The van der Waals surface area contributed by atoms with Crippen molar-refractivity contribution in [2.45, 2.75) is 44.7 Å². The van der Waals surface area contributed by atoms with E-state index in [9.17, 15) is 4.79 Å². The van der Waals surface area contributed by atoms with Crippen LogP contribution in [0.3, 0.4) is 0 Å². The highest BCUT2D eigenvalue weighted by Gasteiger charge is 2.31. The van der Waals surface area contributed by atoms with Gasteiger partial charge in [-0.2, -0.15) is 0 Å². The molecule has 1 saturated carbocycles. The monoisotopic (exact) mass is 208 g/mol. The molecule has 1 fully saturated rings. The summed E-state index contributed by atoms with van der Waals surface area (Å²) in [7, 11) is 0. The van der Waals surface area contributed by atoms with Gasteiger partial charge in [-0.25, -0.2) is 0 Å². The number of rotatable bonds is 5. The summed E-state index contributed by atoms with van der Waals surface area (Å²) in [5.74, 6) is 0.270. The topological polar surface area (TPSA) is 32.3 Å². The average molecular weight is 208 g/mol. The lowest BCUT2D eigenvalue weighted by Crippen LogP contribution is -2.42. The van der Waals surface area contributed by atoms with E-state index in [1.54, 1.807) is 0 Å². The van der Waals surface area contributed by atoms with E-state index >= 15 is 0 Å². The van der Waals surface area contributed by atoms with Crippen molar-refractivity contribution in [2.24, 2.45) is 0 Å². The first-order valence-electron chi connectivity index (χ1n) is 5.99. The van der Waals surface area contributed by atoms with E-state index in [2.05, 4.69) is 24.4 Å². The smallest absolute Gasteiger partial charge is 0.236 e. The number of likely N-dealkylation sites (N-methyl/N-ethyl adjacent to an activating group) is 1. The Hall–Kier alpha value is -0.830. The molecule has 0 aromatic rings. The highest BCUT2D eigenvalue weighted by atomic mass is 16.2. The first-order chi connectivity index (χ1) is 7.31. The SMILES string of the molecule is CCN(C(=O)CNC1CC=CC1)C1CC1. The molecule has 84 valence electrons. The number of nitrogens with zero attached hydrogens (tertiary/aromatic N) is 1. The molecule has 15 heavy (non-hydrogen) atoms. The minimum absolute atomic E-state index is 0.270. The van der Waals surface area contributed by atoms with Crippen LogP contribution in [-0.2, 0) is 4.79 Å². The summed E-state index contributed by atoms with van der Waals surface area (Å²) in [5, 5.41) is 3.33. The Morgan fingerprint density at radius 1 is 1.40 bits per heavy atom. The summed E-state index contributed by atoms with van der Waals surface area (Å²) in [6.07, 6.45) is 8.90. The van der Waals surface area contributed by atoms with Crippen LogP contribution in [0.5, 0.6) is 0 Å². The number of nitrogens with one attached hydrogen (secondary N) is 1. The Bertz CT molecular complexity index is 250. The van der Waals surface area contributed by atoms with Gasteiger partial charge >= 0.3 is 0 Å². The van der Waals surface area contributed by atoms with E-state index < -0.39 is 0 Å². The summed E-state index contributed by atoms with van der Waals surface area (Å²) in [6, 6.07) is 1.04. The van der Waals surface area contributed by atoms with Crippen molar-refractivity contribution in [1.82, 2.24) is 10.2 Å². The molecule has 0 aromatic heterocycles. The molecule has 0 unspecified atom stereocenters. The summed E-state index contributed by atoms with van der Waals surface area (Å²) in [6.45, 7) is 3.43. The van der Waals surface area contributed by atoms with Gasteiger partial charge < -0.3 is 10.2 Å². The van der Waals surface area contributed by atoms with Crippen LogP contribution in [0.4, 0.5) is 0 Å². The molecule has 2 aliphatic carbocycles. The highest BCUT2D eigenvalue weighted by molar-refractivity contribution is 5.78. The molecule has 1 N–H and O–H groups in total. The Morgan fingerprint density at radius 3 is 2.60 bits per heavy atom. The lowest BCUT2D eigenvalue weighted by Gasteiger charge is -2.21. The molecule has 0 aromatic carbocycles. The molecular weight excluding hydrogens is 188 g/mol. The van der Waals surface area contributed by atoms with Gasteiger partial charge in [0.25, 0.3) is 0 Å². The van der Waals surface area contributed by atoms with Gasteiger partial charge in [-0.3, -0.25) is 4.79 Å². The van der Waals surface area contributed by atoms with Crippen LogP contribution >= 0.6 is 0 Å². The molecule has 3 heteroatoms. The zero-order valence-corrected chi connectivity index (χ0v) is 9.41. The fraction of sp³-hybridized carbons (Fsp3) is 0.750. The van der Waals surface area contributed by atoms with Crippen LogP contribution < -0.4 is 5.32 Å². The maximum atomic E-state index is 11.9. The van der Waals surface area contributed by atoms with Crippen LogP contribution in [-0.4, -0.2) is 36.0 Å². The predicted octanol–water partition coefficient (Wildman–Crippen LogP) is 1.31. The van der Waals surface area contributed by atoms with Crippen LogP contribution in [0.15, 0.2) is 12.2 Å². The van der Waals surface area contributed by atoms with Crippen molar-refractivity contribution in [3.8, 4) is 0 Å². The third-order valence-electron chi connectivity index (χ3n) is 3.20. The standard InChI is InChI=1S/C12H20N2O/c1-2-14(11-7-8-11)12(15)9-13-10-5-3-4-6-10/h3-4,10-11,13H,2,5-9H2,1H3. The van der Waals surface area contributed by atoms with Gasteiger partial charge in [-0.1, -0.05) is 12.2 Å². The van der Waals surface area contributed by atoms with Crippen molar-refractivity contribution in [3.63, 3.8) is 0 Å². The molecule has 0 bridgehead atoms. The fourth-order valence-electron chi connectivity index (χ4n) is 2.14. The van der Waals surface area contributed by atoms with E-state index in [0.717, 1.165) is 19.4 Å². The van der Waals surface area contributed by atoms with Gasteiger partial charge in [-0.05, 0) is 32.6 Å². The lowest BCUT2D eigenvalue weighted by atomic mass is 10.2. The zero-order chi connectivity index (χ0) is 10.7. The van der Waals surface area contributed by atoms with E-state index in [1.807, 2.05) is 4.90 Å². The minimum Gasteiger partial charge on any atom is -0.339 e. The van der Waals surface area contributed by atoms with Gasteiger partial charge in [0.15, 0.2) is 0 Å². The van der Waals surface area contributed by atoms with Gasteiger partial charge in [0.05, 0.1) is 6.54 Å². The quantitative estimate of drug-likeness (QED) is 0.691.